The van der Waals surface area contributed by atoms with Gasteiger partial charge in [-0.3, -0.25) is 0 Å². The Balaban J connectivity index is 0.799. The van der Waals surface area contributed by atoms with E-state index >= 15 is 0 Å². The summed E-state index contributed by atoms with van der Waals surface area (Å²) in [5.41, 5.74) is 38.7. The fourth-order valence-corrected chi connectivity index (χ4v) is 21.7. The van der Waals surface area contributed by atoms with E-state index in [0.717, 1.165) is 125 Å². The van der Waals surface area contributed by atoms with Gasteiger partial charge in [-0.25, -0.2) is 0 Å². The smallest absolute Gasteiger partial charge is 0.252 e. The molecule has 6 nitrogen and oxygen atoms in total. The Labute approximate surface area is 692 Å². The summed E-state index contributed by atoms with van der Waals surface area (Å²) in [6.07, 6.45) is 0. The highest BCUT2D eigenvalue weighted by Crippen LogP contribution is 2.64. The molecule has 0 saturated carbocycles. The zero-order chi connectivity index (χ0) is 77.5. The molecule has 1 aliphatic carbocycles. The van der Waals surface area contributed by atoms with E-state index in [2.05, 4.69) is 466 Å². The molecule has 5 heterocycles. The van der Waals surface area contributed by atoms with E-state index in [-0.39, 0.29) is 13.4 Å². The molecule has 0 unspecified atom stereocenters. The monoisotopic (exact) mass is 1520 g/mol. The van der Waals surface area contributed by atoms with E-state index in [1.807, 2.05) is 11.8 Å². The van der Waals surface area contributed by atoms with Crippen LogP contribution in [0.15, 0.2) is 447 Å². The summed E-state index contributed by atoms with van der Waals surface area (Å²) in [7, 11) is 0. The SMILES string of the molecule is c1ccc(-c2ccccc2N(c2ccccc2)c2cc3c4c(c2)N(c2ccccc2-c2ccccc2)c2ccccc2B4c2cc4c(cc2N3c2ccccc2)Sc2cc3c(cc2C42c4ccccc4-c4ccccc42)B2c4ccccc4N(c4ccccc4)c4cc(N(c5ccccc5)c5ccccc5)cc(c42)N3c2ccccc2)cc1. The first-order valence-electron chi connectivity index (χ1n) is 40.8. The van der Waals surface area contributed by atoms with Crippen LogP contribution in [0.25, 0.3) is 33.4 Å². The van der Waals surface area contributed by atoms with Crippen molar-refractivity contribution >= 4 is 160 Å². The average Bonchev–Trinajstić information content (AvgIpc) is 1.22. The van der Waals surface area contributed by atoms with Crippen LogP contribution in [0.3, 0.4) is 0 Å². The number of hydrogen-bond donors (Lipinski definition) is 0. The first-order valence-corrected chi connectivity index (χ1v) is 41.6. The molecule has 118 heavy (non-hydrogen) atoms. The van der Waals surface area contributed by atoms with Crippen molar-refractivity contribution in [3.8, 4) is 33.4 Å². The number of fused-ring (bicyclic) bond motifs is 17. The van der Waals surface area contributed by atoms with Gasteiger partial charge < -0.3 is 29.4 Å². The lowest BCUT2D eigenvalue weighted by atomic mass is 9.33. The zero-order valence-corrected chi connectivity index (χ0v) is 65.1. The van der Waals surface area contributed by atoms with Crippen LogP contribution >= 0.6 is 11.8 Å². The van der Waals surface area contributed by atoms with Crippen molar-refractivity contribution < 1.29 is 0 Å². The summed E-state index contributed by atoms with van der Waals surface area (Å²) in [5, 5.41) is 0. The molecule has 550 valence electrons. The van der Waals surface area contributed by atoms with Crippen LogP contribution in [0.2, 0.25) is 0 Å². The van der Waals surface area contributed by atoms with E-state index in [4.69, 9.17) is 0 Å². The Hall–Kier alpha value is -14.8. The van der Waals surface area contributed by atoms with Crippen molar-refractivity contribution in [2.24, 2.45) is 0 Å². The first kappa shape index (κ1) is 67.7. The van der Waals surface area contributed by atoms with Gasteiger partial charge in [0, 0.05) is 101 Å². The minimum absolute atomic E-state index is 0.200. The lowest BCUT2D eigenvalue weighted by Gasteiger charge is -2.48. The molecule has 0 amide bonds. The second kappa shape index (κ2) is 27.2. The van der Waals surface area contributed by atoms with Crippen molar-refractivity contribution in [1.82, 2.24) is 0 Å². The molecule has 0 radical (unpaired) electrons. The second-order valence-corrected chi connectivity index (χ2v) is 32.4. The van der Waals surface area contributed by atoms with Crippen LogP contribution in [0.5, 0.6) is 0 Å². The number of benzene rings is 18. The number of hydrogen-bond acceptors (Lipinski definition) is 7. The van der Waals surface area contributed by atoms with Crippen LogP contribution in [-0.4, -0.2) is 13.4 Å². The Morgan fingerprint density at radius 2 is 0.534 bits per heavy atom. The van der Waals surface area contributed by atoms with Gasteiger partial charge in [0.1, 0.15) is 0 Å². The van der Waals surface area contributed by atoms with Crippen molar-refractivity contribution in [3.05, 3.63) is 459 Å². The standard InChI is InChI=1S/C109H72B2N6S/c1-9-37-73(38-10-1)83-53-27-33-61-95(83)113(77-45-17-5-18-46-77)82-67-103-108-104(68-82)117(96-62-34-28-54-84(96)74-39-11-2-12-40-74)98-64-36-32-60-92(98)111(108)94-70-90-106(72-100(94)116(103)80-51-23-8-24-52-80)118-105-71-99-93(69-89(105)109(90)87-57-29-25-55-85(87)86-56-26-30-58-88(86)109)110-91-59-31-35-63-97(91)114(78-47-19-6-20-48-78)101-65-81(66-102(107(101)110)115(99)79-49-21-7-22-50-79)112(75-41-13-3-14-42-75)76-43-15-4-16-44-76/h1-72H. The number of para-hydroxylation sites is 10. The maximum absolute atomic E-state index is 2.71. The highest BCUT2D eigenvalue weighted by Gasteiger charge is 2.55. The van der Waals surface area contributed by atoms with Crippen LogP contribution in [-0.2, 0) is 5.41 Å². The third-order valence-corrected chi connectivity index (χ3v) is 26.3. The Bertz CT molecular complexity index is 6940. The Morgan fingerprint density at radius 3 is 0.992 bits per heavy atom. The first-order chi connectivity index (χ1) is 58.6. The molecule has 24 rings (SSSR count). The number of anilines is 18. The van der Waals surface area contributed by atoms with Gasteiger partial charge in [0.15, 0.2) is 0 Å². The zero-order valence-electron chi connectivity index (χ0n) is 64.3. The van der Waals surface area contributed by atoms with Crippen LogP contribution in [0.4, 0.5) is 102 Å². The van der Waals surface area contributed by atoms with Crippen molar-refractivity contribution in [2.75, 3.05) is 29.4 Å². The maximum Gasteiger partial charge on any atom is 0.252 e. The molecular formula is C109H72B2N6S. The summed E-state index contributed by atoms with van der Waals surface area (Å²) in [6.45, 7) is -0.449. The lowest BCUT2D eigenvalue weighted by Crippen LogP contribution is -2.62. The van der Waals surface area contributed by atoms with Crippen molar-refractivity contribution in [1.29, 1.82) is 0 Å². The highest BCUT2D eigenvalue weighted by molar-refractivity contribution is 7.99. The summed E-state index contributed by atoms with van der Waals surface area (Å²) in [6, 6.07) is 164. The van der Waals surface area contributed by atoms with Gasteiger partial charge in [0.05, 0.1) is 28.2 Å². The average molecular weight is 1520 g/mol. The van der Waals surface area contributed by atoms with Gasteiger partial charge in [0.2, 0.25) is 0 Å². The summed E-state index contributed by atoms with van der Waals surface area (Å²) < 4.78 is 0. The van der Waals surface area contributed by atoms with Crippen LogP contribution in [0.1, 0.15) is 22.3 Å². The molecule has 9 heteroatoms. The quantitative estimate of drug-likeness (QED) is 0.112. The van der Waals surface area contributed by atoms with E-state index in [9.17, 15) is 0 Å². The van der Waals surface area contributed by atoms with Crippen molar-refractivity contribution in [3.63, 3.8) is 0 Å². The molecular weight excluding hydrogens is 1450 g/mol. The van der Waals surface area contributed by atoms with Crippen molar-refractivity contribution in [2.45, 2.75) is 15.2 Å². The molecule has 0 saturated heterocycles. The van der Waals surface area contributed by atoms with E-state index in [1.54, 1.807) is 0 Å². The normalized spacial score (nSPS) is 13.5. The maximum atomic E-state index is 2.71. The summed E-state index contributed by atoms with van der Waals surface area (Å²) in [4.78, 5) is 17.7. The largest absolute Gasteiger partial charge is 0.311 e. The highest BCUT2D eigenvalue weighted by atomic mass is 32.2. The van der Waals surface area contributed by atoms with E-state index < -0.39 is 5.41 Å². The summed E-state index contributed by atoms with van der Waals surface area (Å²) >= 11 is 1.93. The molecule has 0 aromatic heterocycles. The third-order valence-electron chi connectivity index (χ3n) is 25.2. The number of nitrogens with zero attached hydrogens (tertiary/aromatic N) is 6. The molecule has 18 aromatic rings. The molecule has 0 fully saturated rings. The fourth-order valence-electron chi connectivity index (χ4n) is 20.5. The van der Waals surface area contributed by atoms with E-state index in [1.165, 1.54) is 75.9 Å². The Morgan fingerprint density at radius 1 is 0.212 bits per heavy atom. The van der Waals surface area contributed by atoms with Gasteiger partial charge in [-0.05, 0) is 211 Å². The molecule has 0 N–H and O–H groups in total. The molecule has 0 bridgehead atoms. The van der Waals surface area contributed by atoms with Gasteiger partial charge in [-0.1, -0.05) is 315 Å². The topological polar surface area (TPSA) is 19.4 Å². The minimum atomic E-state index is -0.824. The summed E-state index contributed by atoms with van der Waals surface area (Å²) in [5.74, 6) is 0. The fraction of sp³-hybridized carbons (Fsp3) is 0.00917. The van der Waals surface area contributed by atoms with E-state index in [0.29, 0.717) is 0 Å². The van der Waals surface area contributed by atoms with Crippen LogP contribution in [0, 0.1) is 0 Å². The molecule has 5 aliphatic heterocycles. The van der Waals surface area contributed by atoms with Gasteiger partial charge in [0.25, 0.3) is 13.4 Å². The van der Waals surface area contributed by atoms with Gasteiger partial charge in [-0.15, -0.1) is 0 Å². The Kier molecular flexibility index (Phi) is 15.6. The van der Waals surface area contributed by atoms with Crippen LogP contribution < -0.4 is 62.2 Å². The van der Waals surface area contributed by atoms with Gasteiger partial charge in [-0.2, -0.15) is 0 Å². The lowest BCUT2D eigenvalue weighted by molar-refractivity contribution is 0.724. The molecule has 6 aliphatic rings. The second-order valence-electron chi connectivity index (χ2n) is 31.3. The predicted molar refractivity (Wildman–Crippen MR) is 496 cm³/mol. The molecule has 0 atom stereocenters. The minimum Gasteiger partial charge on any atom is -0.311 e. The number of rotatable bonds is 12. The van der Waals surface area contributed by atoms with Gasteiger partial charge >= 0.3 is 0 Å². The third kappa shape index (κ3) is 10.2. The molecule has 1 spiro atoms. The molecule has 18 aromatic carbocycles. The predicted octanol–water partition coefficient (Wildman–Crippen LogP) is 25.0.